The van der Waals surface area contributed by atoms with Crippen molar-refractivity contribution in [2.24, 2.45) is 5.14 Å². The number of aryl methyl sites for hydroxylation is 1. The van der Waals surface area contributed by atoms with Crippen molar-refractivity contribution >= 4 is 10.0 Å². The van der Waals surface area contributed by atoms with Gasteiger partial charge in [0.05, 0.1) is 11.4 Å². The number of halogens is 3. The van der Waals surface area contributed by atoms with E-state index >= 15 is 0 Å². The van der Waals surface area contributed by atoms with Gasteiger partial charge >= 0.3 is 6.18 Å². The summed E-state index contributed by atoms with van der Waals surface area (Å²) in [5.74, 6) is 0. The van der Waals surface area contributed by atoms with Crippen LogP contribution in [0.1, 0.15) is 16.8 Å². The fourth-order valence-electron chi connectivity index (χ4n) is 3.83. The molecule has 0 unspecified atom stereocenters. The molecule has 4 rings (SSSR count). The van der Waals surface area contributed by atoms with Crippen molar-refractivity contribution in [1.29, 1.82) is 0 Å². The molecule has 1 heterocycles. The molecule has 4 aromatic rings. The maximum Gasteiger partial charge on any atom is 0.433 e. The third-order valence-electron chi connectivity index (χ3n) is 5.26. The molecule has 0 bridgehead atoms. The molecule has 0 amide bonds. The zero-order valence-electron chi connectivity index (χ0n) is 17.5. The van der Waals surface area contributed by atoms with Gasteiger partial charge in [0.25, 0.3) is 0 Å². The molecular weight excluding hydrogens is 451 g/mol. The minimum atomic E-state index is -4.76. The lowest BCUT2D eigenvalue weighted by Crippen LogP contribution is -2.16. The van der Waals surface area contributed by atoms with Gasteiger partial charge in [0, 0.05) is 11.1 Å². The highest BCUT2D eigenvalue weighted by Crippen LogP contribution is 2.44. The van der Waals surface area contributed by atoms with E-state index in [2.05, 4.69) is 5.10 Å². The normalized spacial score (nSPS) is 12.2. The number of nitrogens with two attached hydrogens (primary N) is 1. The van der Waals surface area contributed by atoms with Gasteiger partial charge in [-0.1, -0.05) is 72.8 Å². The first kappa shape index (κ1) is 22.8. The van der Waals surface area contributed by atoms with Gasteiger partial charge in [-0.3, -0.25) is 4.68 Å². The number of rotatable bonds is 5. The standard InChI is InChI=1S/C24H20F3N3O2S/c1-16-9-5-6-12-18(16)21-22(19-13-7-8-14-20(19)33(28,31)32)29-30(23(21)24(25,26)27)15-17-10-3-2-4-11-17/h2-14H,15H2,1H3,(H2,28,31,32). The second kappa shape index (κ2) is 8.49. The highest BCUT2D eigenvalue weighted by molar-refractivity contribution is 7.89. The molecule has 0 aliphatic heterocycles. The average molecular weight is 472 g/mol. The Labute approximate surface area is 189 Å². The number of benzene rings is 3. The summed E-state index contributed by atoms with van der Waals surface area (Å²) in [4.78, 5) is -0.294. The van der Waals surface area contributed by atoms with Crippen LogP contribution < -0.4 is 5.14 Å². The predicted octanol–water partition coefficient (Wildman–Crippen LogP) is 5.24. The Morgan fingerprint density at radius 1 is 0.879 bits per heavy atom. The summed E-state index contributed by atoms with van der Waals surface area (Å²) in [6.07, 6.45) is -4.76. The predicted molar refractivity (Wildman–Crippen MR) is 120 cm³/mol. The smallest absolute Gasteiger partial charge is 0.255 e. The van der Waals surface area contributed by atoms with Crippen LogP contribution in [0.3, 0.4) is 0 Å². The summed E-state index contributed by atoms with van der Waals surface area (Å²) in [7, 11) is -4.22. The molecule has 9 heteroatoms. The Kier molecular flexibility index (Phi) is 5.85. The Balaban J connectivity index is 2.10. The van der Waals surface area contributed by atoms with Crippen LogP contribution in [-0.2, 0) is 22.7 Å². The van der Waals surface area contributed by atoms with E-state index in [1.165, 1.54) is 24.3 Å². The number of hydrogen-bond acceptors (Lipinski definition) is 3. The molecule has 3 aromatic carbocycles. The fourth-order valence-corrected chi connectivity index (χ4v) is 4.57. The Bertz CT molecular complexity index is 1410. The minimum Gasteiger partial charge on any atom is -0.255 e. The molecule has 5 nitrogen and oxygen atoms in total. The number of hydrogen-bond donors (Lipinski definition) is 1. The molecule has 0 spiro atoms. The summed E-state index contributed by atoms with van der Waals surface area (Å²) in [5, 5.41) is 9.69. The van der Waals surface area contributed by atoms with Crippen LogP contribution in [0, 0.1) is 6.92 Å². The zero-order valence-corrected chi connectivity index (χ0v) is 18.4. The molecule has 2 N–H and O–H groups in total. The molecule has 0 atom stereocenters. The third kappa shape index (κ3) is 4.55. The van der Waals surface area contributed by atoms with Crippen molar-refractivity contribution < 1.29 is 21.6 Å². The molecule has 0 saturated carbocycles. The number of nitrogens with zero attached hydrogens (tertiary/aromatic N) is 2. The van der Waals surface area contributed by atoms with Crippen LogP contribution in [0.5, 0.6) is 0 Å². The molecular formula is C24H20F3N3O2S. The van der Waals surface area contributed by atoms with E-state index in [0.29, 0.717) is 16.7 Å². The fraction of sp³-hybridized carbons (Fsp3) is 0.125. The van der Waals surface area contributed by atoms with E-state index in [1.54, 1.807) is 61.5 Å². The van der Waals surface area contributed by atoms with Gasteiger partial charge in [-0.15, -0.1) is 0 Å². The molecule has 0 aliphatic rings. The highest BCUT2D eigenvalue weighted by Gasteiger charge is 2.41. The lowest BCUT2D eigenvalue weighted by Gasteiger charge is -2.15. The van der Waals surface area contributed by atoms with Crippen LogP contribution in [0.15, 0.2) is 83.8 Å². The van der Waals surface area contributed by atoms with Crippen LogP contribution in [0.25, 0.3) is 22.4 Å². The minimum absolute atomic E-state index is 0.00978. The molecule has 0 saturated heterocycles. The monoisotopic (exact) mass is 471 g/mol. The lowest BCUT2D eigenvalue weighted by molar-refractivity contribution is -0.143. The van der Waals surface area contributed by atoms with Gasteiger partial charge in [-0.2, -0.15) is 18.3 Å². The topological polar surface area (TPSA) is 78.0 Å². The van der Waals surface area contributed by atoms with Crippen LogP contribution in [0.2, 0.25) is 0 Å². The first-order valence-corrected chi connectivity index (χ1v) is 11.5. The summed E-state index contributed by atoms with van der Waals surface area (Å²) in [6, 6.07) is 20.9. The Morgan fingerprint density at radius 2 is 1.45 bits per heavy atom. The summed E-state index contributed by atoms with van der Waals surface area (Å²) in [6.45, 7) is 1.55. The van der Waals surface area contributed by atoms with E-state index in [-0.39, 0.29) is 28.3 Å². The SMILES string of the molecule is Cc1ccccc1-c1c(-c2ccccc2S(N)(=O)=O)nn(Cc2ccccc2)c1C(F)(F)F. The van der Waals surface area contributed by atoms with Gasteiger partial charge in [-0.25, -0.2) is 13.6 Å². The lowest BCUT2D eigenvalue weighted by atomic mass is 9.95. The second-order valence-corrected chi connectivity index (χ2v) is 9.10. The maximum atomic E-state index is 14.5. The number of sulfonamides is 1. The van der Waals surface area contributed by atoms with Crippen molar-refractivity contribution in [2.75, 3.05) is 0 Å². The molecule has 1 aromatic heterocycles. The highest BCUT2D eigenvalue weighted by atomic mass is 32.2. The van der Waals surface area contributed by atoms with Crippen molar-refractivity contribution in [3.05, 3.63) is 95.7 Å². The average Bonchev–Trinajstić information content (AvgIpc) is 3.13. The Hall–Kier alpha value is -3.43. The summed E-state index contributed by atoms with van der Waals surface area (Å²) >= 11 is 0. The van der Waals surface area contributed by atoms with Crippen molar-refractivity contribution in [3.8, 4) is 22.4 Å². The van der Waals surface area contributed by atoms with Gasteiger partial charge in [-0.05, 0) is 29.7 Å². The first-order valence-electron chi connectivity index (χ1n) is 9.97. The van der Waals surface area contributed by atoms with Crippen molar-refractivity contribution in [3.63, 3.8) is 0 Å². The molecule has 0 radical (unpaired) electrons. The van der Waals surface area contributed by atoms with Crippen molar-refractivity contribution in [2.45, 2.75) is 24.5 Å². The van der Waals surface area contributed by atoms with E-state index < -0.39 is 21.9 Å². The number of alkyl halides is 3. The third-order valence-corrected chi connectivity index (χ3v) is 6.23. The molecule has 0 aliphatic carbocycles. The van der Waals surface area contributed by atoms with E-state index in [1.807, 2.05) is 0 Å². The van der Waals surface area contributed by atoms with Crippen molar-refractivity contribution in [1.82, 2.24) is 9.78 Å². The van der Waals surface area contributed by atoms with Crippen LogP contribution >= 0.6 is 0 Å². The largest absolute Gasteiger partial charge is 0.433 e. The molecule has 0 fully saturated rings. The van der Waals surface area contributed by atoms with Gasteiger partial charge in [0.15, 0.2) is 5.69 Å². The summed E-state index contributed by atoms with van der Waals surface area (Å²) < 4.78 is 68.8. The molecule has 33 heavy (non-hydrogen) atoms. The van der Waals surface area contributed by atoms with Gasteiger partial charge in [0.1, 0.15) is 5.69 Å². The summed E-state index contributed by atoms with van der Waals surface area (Å²) in [5.41, 5.74) is 0.285. The van der Waals surface area contributed by atoms with Gasteiger partial charge < -0.3 is 0 Å². The van der Waals surface area contributed by atoms with E-state index in [4.69, 9.17) is 5.14 Å². The van der Waals surface area contributed by atoms with E-state index in [0.717, 1.165) is 4.68 Å². The quantitative estimate of drug-likeness (QED) is 0.432. The maximum absolute atomic E-state index is 14.5. The number of aromatic nitrogens is 2. The van der Waals surface area contributed by atoms with Crippen LogP contribution in [0.4, 0.5) is 13.2 Å². The van der Waals surface area contributed by atoms with Crippen LogP contribution in [-0.4, -0.2) is 18.2 Å². The van der Waals surface area contributed by atoms with E-state index in [9.17, 15) is 21.6 Å². The number of primary sulfonamides is 1. The molecule has 170 valence electrons. The second-order valence-electron chi connectivity index (χ2n) is 7.57. The zero-order chi connectivity index (χ0) is 23.8. The first-order chi connectivity index (χ1) is 15.6. The van der Waals surface area contributed by atoms with Gasteiger partial charge in [0.2, 0.25) is 10.0 Å². The Morgan fingerprint density at radius 3 is 2.06 bits per heavy atom.